The highest BCUT2D eigenvalue weighted by molar-refractivity contribution is 6.39. The molecule has 2 N–H and O–H groups in total. The summed E-state index contributed by atoms with van der Waals surface area (Å²) in [5.74, 6) is -6.56. The van der Waals surface area contributed by atoms with E-state index in [4.69, 9.17) is 0 Å². The van der Waals surface area contributed by atoms with E-state index in [9.17, 15) is 22.8 Å². The molecule has 2 rings (SSSR count). The normalized spacial score (nSPS) is 17.4. The maximum atomic E-state index is 13.6. The van der Waals surface area contributed by atoms with E-state index in [0.29, 0.717) is 6.07 Å². The van der Waals surface area contributed by atoms with Gasteiger partial charge in [0.1, 0.15) is 0 Å². The Morgan fingerprint density at radius 1 is 0.741 bits per heavy atom. The molecule has 0 radical (unpaired) electrons. The number of anilines is 1. The highest BCUT2D eigenvalue weighted by Crippen LogP contribution is 2.20. The number of nitrogens with one attached hydrogen (secondary N) is 2. The van der Waals surface area contributed by atoms with Crippen molar-refractivity contribution in [3.63, 3.8) is 0 Å². The zero-order chi connectivity index (χ0) is 19.6. The monoisotopic (exact) mass is 384 g/mol. The second kappa shape index (κ2) is 10.9. The minimum Gasteiger partial charge on any atom is -0.345 e. The van der Waals surface area contributed by atoms with Crippen molar-refractivity contribution in [1.29, 1.82) is 0 Å². The quantitative estimate of drug-likeness (QED) is 0.567. The van der Waals surface area contributed by atoms with Crippen molar-refractivity contribution < 1.29 is 22.8 Å². The molecule has 0 atom stereocenters. The summed E-state index contributed by atoms with van der Waals surface area (Å²) in [7, 11) is 0. The van der Waals surface area contributed by atoms with Crippen LogP contribution in [0.1, 0.15) is 70.6 Å². The summed E-state index contributed by atoms with van der Waals surface area (Å²) in [6.07, 6.45) is 11.8. The van der Waals surface area contributed by atoms with E-state index in [-0.39, 0.29) is 6.04 Å². The molecule has 4 nitrogen and oxygen atoms in total. The first-order valence-corrected chi connectivity index (χ1v) is 9.74. The SMILES string of the molecule is O=C(Nc1ccc(F)c(F)c1F)C(=O)NC1CCCCCCCCCCC1. The van der Waals surface area contributed by atoms with Gasteiger partial charge in [-0.15, -0.1) is 0 Å². The molecule has 1 aliphatic rings. The van der Waals surface area contributed by atoms with Crippen LogP contribution in [0, 0.1) is 17.5 Å². The van der Waals surface area contributed by atoms with Crippen LogP contribution in [0.4, 0.5) is 18.9 Å². The Hall–Kier alpha value is -2.05. The molecule has 0 saturated heterocycles. The molecular weight excluding hydrogens is 357 g/mol. The Morgan fingerprint density at radius 2 is 1.26 bits per heavy atom. The lowest BCUT2D eigenvalue weighted by molar-refractivity contribution is -0.136. The van der Waals surface area contributed by atoms with Crippen molar-refractivity contribution in [3.05, 3.63) is 29.6 Å². The van der Waals surface area contributed by atoms with Crippen molar-refractivity contribution in [1.82, 2.24) is 5.32 Å². The van der Waals surface area contributed by atoms with E-state index < -0.39 is 35.0 Å². The fourth-order valence-electron chi connectivity index (χ4n) is 3.36. The van der Waals surface area contributed by atoms with Gasteiger partial charge in [-0.1, -0.05) is 57.8 Å². The summed E-state index contributed by atoms with van der Waals surface area (Å²) in [4.78, 5) is 24.1. The average Bonchev–Trinajstić information content (AvgIpc) is 2.64. The van der Waals surface area contributed by atoms with Crippen LogP contribution in [-0.2, 0) is 9.59 Å². The van der Waals surface area contributed by atoms with Gasteiger partial charge < -0.3 is 10.6 Å². The highest BCUT2D eigenvalue weighted by atomic mass is 19.2. The molecule has 150 valence electrons. The second-order valence-electron chi connectivity index (χ2n) is 7.11. The summed E-state index contributed by atoms with van der Waals surface area (Å²) in [5, 5.41) is 4.70. The Bertz CT molecular complexity index is 640. The number of amides is 2. The van der Waals surface area contributed by atoms with Crippen LogP contribution >= 0.6 is 0 Å². The van der Waals surface area contributed by atoms with E-state index in [1.54, 1.807) is 0 Å². The maximum Gasteiger partial charge on any atom is 0.313 e. The molecule has 0 aliphatic heterocycles. The summed E-state index contributed by atoms with van der Waals surface area (Å²) >= 11 is 0. The number of carbonyl (C=O) groups is 2. The first-order valence-electron chi connectivity index (χ1n) is 9.74. The van der Waals surface area contributed by atoms with Crippen molar-refractivity contribution in [3.8, 4) is 0 Å². The molecule has 7 heteroatoms. The predicted octanol–water partition coefficient (Wildman–Crippen LogP) is 4.83. The van der Waals surface area contributed by atoms with Crippen LogP contribution in [-0.4, -0.2) is 17.9 Å². The molecule has 0 spiro atoms. The Morgan fingerprint density at radius 3 is 1.81 bits per heavy atom. The van der Waals surface area contributed by atoms with E-state index >= 15 is 0 Å². The first-order chi connectivity index (χ1) is 13.0. The molecule has 0 unspecified atom stereocenters. The zero-order valence-corrected chi connectivity index (χ0v) is 15.5. The lowest BCUT2D eigenvalue weighted by Gasteiger charge is -2.19. The first kappa shape index (κ1) is 21.3. The van der Waals surface area contributed by atoms with Gasteiger partial charge in [-0.3, -0.25) is 9.59 Å². The number of carbonyl (C=O) groups excluding carboxylic acids is 2. The fraction of sp³-hybridized carbons (Fsp3) is 0.600. The predicted molar refractivity (Wildman–Crippen MR) is 97.7 cm³/mol. The standard InChI is InChI=1S/C20H27F3N2O2/c21-15-12-13-16(18(23)17(15)22)25-20(27)19(26)24-14-10-8-6-4-2-1-3-5-7-9-11-14/h12-14H,1-11H2,(H,24,26)(H,25,27). The van der Waals surface area contributed by atoms with Gasteiger partial charge in [0.05, 0.1) is 5.69 Å². The largest absolute Gasteiger partial charge is 0.345 e. The maximum absolute atomic E-state index is 13.6. The topological polar surface area (TPSA) is 58.2 Å². The molecule has 0 bridgehead atoms. The van der Waals surface area contributed by atoms with E-state index in [1.165, 1.54) is 32.1 Å². The number of halogens is 3. The summed E-state index contributed by atoms with van der Waals surface area (Å²) in [5.41, 5.74) is -0.562. The smallest absolute Gasteiger partial charge is 0.313 e. The van der Waals surface area contributed by atoms with Gasteiger partial charge >= 0.3 is 11.8 Å². The number of benzene rings is 1. The molecule has 2 amide bonds. The van der Waals surface area contributed by atoms with Crippen LogP contribution < -0.4 is 10.6 Å². The van der Waals surface area contributed by atoms with E-state index in [0.717, 1.165) is 44.6 Å². The minimum absolute atomic E-state index is 0.113. The van der Waals surface area contributed by atoms with Gasteiger partial charge in [-0.25, -0.2) is 13.2 Å². The van der Waals surface area contributed by atoms with Crippen molar-refractivity contribution >= 4 is 17.5 Å². The molecule has 0 heterocycles. The van der Waals surface area contributed by atoms with Crippen molar-refractivity contribution in [2.24, 2.45) is 0 Å². The number of hydrogen-bond acceptors (Lipinski definition) is 2. The van der Waals surface area contributed by atoms with Gasteiger partial charge in [-0.2, -0.15) is 0 Å². The van der Waals surface area contributed by atoms with Gasteiger partial charge in [0, 0.05) is 6.04 Å². The summed E-state index contributed by atoms with van der Waals surface area (Å²) in [6.45, 7) is 0. The lowest BCUT2D eigenvalue weighted by Crippen LogP contribution is -2.42. The Labute approximate surface area is 157 Å². The van der Waals surface area contributed by atoms with E-state index in [2.05, 4.69) is 5.32 Å². The van der Waals surface area contributed by atoms with Crippen LogP contribution in [0.3, 0.4) is 0 Å². The Balaban J connectivity index is 1.90. The third-order valence-corrected chi connectivity index (χ3v) is 4.93. The zero-order valence-electron chi connectivity index (χ0n) is 15.5. The molecule has 1 aromatic rings. The van der Waals surface area contributed by atoms with Crippen molar-refractivity contribution in [2.45, 2.75) is 76.7 Å². The molecule has 1 saturated carbocycles. The molecule has 1 aromatic carbocycles. The average molecular weight is 384 g/mol. The van der Waals surface area contributed by atoms with Crippen LogP contribution in [0.25, 0.3) is 0 Å². The van der Waals surface area contributed by atoms with Crippen LogP contribution in [0.2, 0.25) is 0 Å². The van der Waals surface area contributed by atoms with Gasteiger partial charge in [0.15, 0.2) is 17.5 Å². The molecule has 1 aliphatic carbocycles. The lowest BCUT2D eigenvalue weighted by atomic mass is 9.98. The Kier molecular flexibility index (Phi) is 8.61. The number of rotatable bonds is 2. The molecular formula is C20H27F3N2O2. The second-order valence-corrected chi connectivity index (χ2v) is 7.11. The van der Waals surface area contributed by atoms with Crippen molar-refractivity contribution in [2.75, 3.05) is 5.32 Å². The minimum atomic E-state index is -1.69. The molecule has 1 fully saturated rings. The highest BCUT2D eigenvalue weighted by Gasteiger charge is 2.21. The summed E-state index contributed by atoms with van der Waals surface area (Å²) < 4.78 is 39.8. The number of hydrogen-bond donors (Lipinski definition) is 2. The van der Waals surface area contributed by atoms with Gasteiger partial charge in [0.2, 0.25) is 0 Å². The van der Waals surface area contributed by atoms with Crippen LogP contribution in [0.15, 0.2) is 12.1 Å². The molecule has 0 aromatic heterocycles. The molecule has 27 heavy (non-hydrogen) atoms. The summed E-state index contributed by atoms with van der Waals surface area (Å²) in [6, 6.07) is 1.46. The van der Waals surface area contributed by atoms with Crippen LogP contribution in [0.5, 0.6) is 0 Å². The third-order valence-electron chi connectivity index (χ3n) is 4.93. The van der Waals surface area contributed by atoms with Gasteiger partial charge in [0.25, 0.3) is 0 Å². The van der Waals surface area contributed by atoms with E-state index in [1.807, 2.05) is 5.32 Å². The fourth-order valence-corrected chi connectivity index (χ4v) is 3.36. The third kappa shape index (κ3) is 6.88. The van der Waals surface area contributed by atoms with Gasteiger partial charge in [-0.05, 0) is 25.0 Å².